The van der Waals surface area contributed by atoms with Crippen molar-refractivity contribution in [1.82, 2.24) is 5.32 Å². The van der Waals surface area contributed by atoms with Gasteiger partial charge in [-0.1, -0.05) is 0 Å². The molecule has 0 spiro atoms. The van der Waals surface area contributed by atoms with Gasteiger partial charge < -0.3 is 10.1 Å². The van der Waals surface area contributed by atoms with E-state index in [0.717, 1.165) is 0 Å². The van der Waals surface area contributed by atoms with E-state index in [9.17, 15) is 13.6 Å². The molecule has 0 bridgehead atoms. The first-order chi connectivity index (χ1) is 6.33. The largest absolute Gasteiger partial charge is 0.436 e. The van der Waals surface area contributed by atoms with Crippen LogP contribution in [0.1, 0.15) is 41.5 Å². The normalized spacial score (nSPS) is 13.9. The fourth-order valence-corrected chi connectivity index (χ4v) is 0.844. The Kier molecular flexibility index (Phi) is 3.85. The van der Waals surface area contributed by atoms with E-state index >= 15 is 0 Å². The number of carbonyl (C=O) groups excluding carboxylic acids is 1. The van der Waals surface area contributed by atoms with Gasteiger partial charge in [-0.05, 0) is 41.5 Å². The van der Waals surface area contributed by atoms with Crippen LogP contribution in [0.15, 0.2) is 0 Å². The third kappa shape index (κ3) is 6.38. The molecule has 0 aromatic heterocycles. The van der Waals surface area contributed by atoms with Crippen molar-refractivity contribution in [2.75, 3.05) is 0 Å². The van der Waals surface area contributed by atoms with Crippen LogP contribution in [-0.4, -0.2) is 23.2 Å². The van der Waals surface area contributed by atoms with Crippen molar-refractivity contribution < 1.29 is 18.3 Å². The van der Waals surface area contributed by atoms with Crippen molar-refractivity contribution >= 4 is 5.91 Å². The summed E-state index contributed by atoms with van der Waals surface area (Å²) in [7, 11) is 0. The molecule has 0 fully saturated rings. The molecule has 0 atom stereocenters. The zero-order valence-electron chi connectivity index (χ0n) is 10.1. The molecule has 0 aromatic carbocycles. The fraction of sp³-hybridized carbons (Fsp3) is 0.900. The van der Waals surface area contributed by atoms with Gasteiger partial charge in [0.25, 0.3) is 0 Å². The summed E-state index contributed by atoms with van der Waals surface area (Å²) in [5, 5.41) is 2.17. The van der Waals surface area contributed by atoms with Crippen LogP contribution in [0.2, 0.25) is 0 Å². The molecular formula is C10H19F2NO2. The molecule has 0 aromatic rings. The highest BCUT2D eigenvalue weighted by atomic mass is 19.3. The second-order valence-corrected chi connectivity index (χ2v) is 5.44. The average molecular weight is 223 g/mol. The Labute approximate surface area is 89.2 Å². The number of rotatable bonds is 2. The van der Waals surface area contributed by atoms with Gasteiger partial charge in [0, 0.05) is 5.54 Å². The lowest BCUT2D eigenvalue weighted by Gasteiger charge is -2.29. The molecule has 0 heterocycles. The monoisotopic (exact) mass is 223 g/mol. The van der Waals surface area contributed by atoms with Gasteiger partial charge in [0.1, 0.15) is 0 Å². The number of alkyl halides is 2. The van der Waals surface area contributed by atoms with Gasteiger partial charge in [0.2, 0.25) is 0 Å². The smallest absolute Gasteiger partial charge is 0.344 e. The molecule has 3 nitrogen and oxygen atoms in total. The van der Waals surface area contributed by atoms with Crippen molar-refractivity contribution in [2.24, 2.45) is 0 Å². The zero-order chi connectivity index (χ0) is 12.5. The summed E-state index contributed by atoms with van der Waals surface area (Å²) in [6.45, 7) is 9.26. The highest BCUT2D eigenvalue weighted by molar-refractivity contribution is 5.82. The van der Waals surface area contributed by atoms with E-state index < -0.39 is 23.2 Å². The lowest BCUT2D eigenvalue weighted by molar-refractivity contribution is -0.268. The van der Waals surface area contributed by atoms with Gasteiger partial charge in [-0.3, -0.25) is 4.79 Å². The van der Waals surface area contributed by atoms with E-state index in [1.807, 2.05) is 0 Å². The van der Waals surface area contributed by atoms with Crippen molar-refractivity contribution in [3.63, 3.8) is 0 Å². The first-order valence-corrected chi connectivity index (χ1v) is 4.74. The van der Waals surface area contributed by atoms with Crippen molar-refractivity contribution in [3.05, 3.63) is 0 Å². The molecule has 1 N–H and O–H groups in total. The summed E-state index contributed by atoms with van der Waals surface area (Å²) >= 11 is 0. The van der Waals surface area contributed by atoms with Gasteiger partial charge in [-0.25, -0.2) is 0 Å². The van der Waals surface area contributed by atoms with Gasteiger partial charge in [-0.15, -0.1) is 0 Å². The lowest BCUT2D eigenvalue weighted by Crippen LogP contribution is -2.52. The topological polar surface area (TPSA) is 38.3 Å². The standard InChI is InChI=1S/C10H19F2NO2/c1-8(2,3)13-7(14)10(11,12)15-9(4,5)6/h1-6H3,(H,13,14). The Balaban J connectivity index is 4.54. The maximum atomic E-state index is 13.2. The minimum Gasteiger partial charge on any atom is -0.344 e. The van der Waals surface area contributed by atoms with Gasteiger partial charge >= 0.3 is 12.0 Å². The number of ether oxygens (including phenoxy) is 1. The lowest BCUT2D eigenvalue weighted by atomic mass is 10.1. The molecule has 0 saturated carbocycles. The number of hydrogen-bond acceptors (Lipinski definition) is 2. The molecule has 0 radical (unpaired) electrons. The maximum absolute atomic E-state index is 13.2. The Morgan fingerprint density at radius 3 is 1.73 bits per heavy atom. The molecule has 1 amide bonds. The Bertz CT molecular complexity index is 239. The van der Waals surface area contributed by atoms with E-state index in [1.54, 1.807) is 20.8 Å². The average Bonchev–Trinajstić information content (AvgIpc) is 1.75. The second-order valence-electron chi connectivity index (χ2n) is 5.44. The molecule has 5 heteroatoms. The van der Waals surface area contributed by atoms with E-state index in [1.165, 1.54) is 20.8 Å². The summed E-state index contributed by atoms with van der Waals surface area (Å²) in [5.41, 5.74) is -1.78. The molecule has 90 valence electrons. The summed E-state index contributed by atoms with van der Waals surface area (Å²) < 4.78 is 30.8. The van der Waals surface area contributed by atoms with Crippen molar-refractivity contribution in [3.8, 4) is 0 Å². The van der Waals surface area contributed by atoms with E-state index in [4.69, 9.17) is 0 Å². The van der Waals surface area contributed by atoms with Crippen molar-refractivity contribution in [2.45, 2.75) is 58.8 Å². The van der Waals surface area contributed by atoms with Gasteiger partial charge in [0.05, 0.1) is 5.60 Å². The molecule has 0 rings (SSSR count). The first kappa shape index (κ1) is 14.3. The fourth-order valence-electron chi connectivity index (χ4n) is 0.844. The Hall–Kier alpha value is -0.710. The molecule has 0 aliphatic heterocycles. The first-order valence-electron chi connectivity index (χ1n) is 4.74. The van der Waals surface area contributed by atoms with Crippen molar-refractivity contribution in [1.29, 1.82) is 0 Å². The summed E-state index contributed by atoms with van der Waals surface area (Å²) in [6.07, 6.45) is -3.80. The molecule has 15 heavy (non-hydrogen) atoms. The van der Waals surface area contributed by atoms with E-state index in [0.29, 0.717) is 0 Å². The number of halogens is 2. The van der Waals surface area contributed by atoms with Crippen LogP contribution in [0, 0.1) is 0 Å². The van der Waals surface area contributed by atoms with Crippen LogP contribution in [0.25, 0.3) is 0 Å². The zero-order valence-corrected chi connectivity index (χ0v) is 10.1. The molecule has 0 unspecified atom stereocenters. The van der Waals surface area contributed by atoms with Crippen LogP contribution in [-0.2, 0) is 9.53 Å². The van der Waals surface area contributed by atoms with Crippen LogP contribution >= 0.6 is 0 Å². The Morgan fingerprint density at radius 2 is 1.47 bits per heavy atom. The SMILES string of the molecule is CC(C)(C)NC(=O)C(F)(F)OC(C)(C)C. The van der Waals surface area contributed by atoms with Gasteiger partial charge in [0.15, 0.2) is 0 Å². The third-order valence-electron chi connectivity index (χ3n) is 1.19. The summed E-state index contributed by atoms with van der Waals surface area (Å²) in [5.74, 6) is -1.41. The predicted octanol–water partition coefficient (Wildman–Crippen LogP) is 2.31. The minimum absolute atomic E-state index is 0.707. The third-order valence-corrected chi connectivity index (χ3v) is 1.19. The molecule has 0 saturated heterocycles. The van der Waals surface area contributed by atoms with Crippen LogP contribution in [0.5, 0.6) is 0 Å². The highest BCUT2D eigenvalue weighted by Gasteiger charge is 2.45. The molecule has 0 aliphatic rings. The predicted molar refractivity (Wildman–Crippen MR) is 53.7 cm³/mol. The van der Waals surface area contributed by atoms with E-state index in [2.05, 4.69) is 10.1 Å². The number of amides is 1. The number of carbonyl (C=O) groups is 1. The molecule has 0 aliphatic carbocycles. The minimum atomic E-state index is -3.80. The maximum Gasteiger partial charge on any atom is 0.436 e. The number of hydrogen-bond donors (Lipinski definition) is 1. The van der Waals surface area contributed by atoms with Gasteiger partial charge in [-0.2, -0.15) is 8.78 Å². The second kappa shape index (κ2) is 4.04. The Morgan fingerprint density at radius 1 is 1.07 bits per heavy atom. The van der Waals surface area contributed by atoms with Crippen LogP contribution < -0.4 is 5.32 Å². The van der Waals surface area contributed by atoms with E-state index in [-0.39, 0.29) is 0 Å². The van der Waals surface area contributed by atoms with Crippen LogP contribution in [0.4, 0.5) is 8.78 Å². The quantitative estimate of drug-likeness (QED) is 0.780. The highest BCUT2D eigenvalue weighted by Crippen LogP contribution is 2.24. The number of nitrogens with one attached hydrogen (secondary N) is 1. The van der Waals surface area contributed by atoms with Crippen LogP contribution in [0.3, 0.4) is 0 Å². The summed E-state index contributed by atoms with van der Waals surface area (Å²) in [6, 6.07) is 0. The summed E-state index contributed by atoms with van der Waals surface area (Å²) in [4.78, 5) is 11.2. The molecular weight excluding hydrogens is 204 g/mol.